The first-order valence-electron chi connectivity index (χ1n) is 13.4. The molecular formula is C32H31Cl3N2O3S. The number of thiophene rings is 1. The lowest BCUT2D eigenvalue weighted by atomic mass is 9.72. The lowest BCUT2D eigenvalue weighted by Crippen LogP contribution is -2.28. The van der Waals surface area contributed by atoms with E-state index >= 15 is 0 Å². The van der Waals surface area contributed by atoms with Crippen molar-refractivity contribution in [3.05, 3.63) is 103 Å². The maximum Gasteiger partial charge on any atom is 0.255 e. The SMILES string of the molecule is CC(C)(C)[C@@H]1CCc2c(sc(N=Cc3cc(Cl)ccc3OCc3ccc(Cl)cc3Cl)c2C(=O)NCc2ccco2)C1. The summed E-state index contributed by atoms with van der Waals surface area (Å²) in [6.45, 7) is 7.41. The second-order valence-corrected chi connectivity index (χ2v) is 13.6. The van der Waals surface area contributed by atoms with Gasteiger partial charge in [0.15, 0.2) is 0 Å². The number of amides is 1. The Labute approximate surface area is 259 Å². The third-order valence-corrected chi connectivity index (χ3v) is 9.38. The van der Waals surface area contributed by atoms with E-state index in [2.05, 4.69) is 26.1 Å². The molecule has 1 N–H and O–H groups in total. The first-order valence-corrected chi connectivity index (χ1v) is 15.4. The highest BCUT2D eigenvalue weighted by Gasteiger charge is 2.33. The smallest absolute Gasteiger partial charge is 0.255 e. The van der Waals surface area contributed by atoms with Crippen LogP contribution in [0.5, 0.6) is 5.75 Å². The van der Waals surface area contributed by atoms with Gasteiger partial charge < -0.3 is 14.5 Å². The molecule has 0 fully saturated rings. The number of nitrogens with one attached hydrogen (secondary N) is 1. The quantitative estimate of drug-likeness (QED) is 0.197. The molecule has 0 radical (unpaired) electrons. The van der Waals surface area contributed by atoms with Crippen LogP contribution in [0.4, 0.5) is 5.00 Å². The van der Waals surface area contributed by atoms with E-state index in [1.807, 2.05) is 18.2 Å². The van der Waals surface area contributed by atoms with Crippen LogP contribution in [0.1, 0.15) is 64.9 Å². The average molecular weight is 630 g/mol. The van der Waals surface area contributed by atoms with Gasteiger partial charge in [-0.25, -0.2) is 4.99 Å². The topological polar surface area (TPSA) is 63.8 Å². The van der Waals surface area contributed by atoms with E-state index in [1.165, 1.54) is 4.88 Å². The molecule has 41 heavy (non-hydrogen) atoms. The molecule has 2 heterocycles. The van der Waals surface area contributed by atoms with Gasteiger partial charge in [0, 0.05) is 37.3 Å². The largest absolute Gasteiger partial charge is 0.488 e. The van der Waals surface area contributed by atoms with Crippen LogP contribution >= 0.6 is 46.1 Å². The number of aliphatic imine (C=N–C) groups is 1. The lowest BCUT2D eigenvalue weighted by Gasteiger charge is -2.33. The van der Waals surface area contributed by atoms with Crippen LogP contribution in [0.3, 0.4) is 0 Å². The summed E-state index contributed by atoms with van der Waals surface area (Å²) in [5.74, 6) is 1.68. The molecule has 2 aromatic heterocycles. The average Bonchev–Trinajstić information content (AvgIpc) is 3.57. The molecular weight excluding hydrogens is 599 g/mol. The molecule has 0 unspecified atom stereocenters. The fourth-order valence-electron chi connectivity index (χ4n) is 4.98. The number of ether oxygens (including phenoxy) is 1. The zero-order valence-corrected chi connectivity index (χ0v) is 26.2. The maximum absolute atomic E-state index is 13.5. The van der Waals surface area contributed by atoms with Gasteiger partial charge in [0.25, 0.3) is 5.91 Å². The normalized spacial score (nSPS) is 15.2. The predicted octanol–water partition coefficient (Wildman–Crippen LogP) is 9.71. The summed E-state index contributed by atoms with van der Waals surface area (Å²) in [6.07, 6.45) is 6.13. The van der Waals surface area contributed by atoms with E-state index in [-0.39, 0.29) is 17.9 Å². The van der Waals surface area contributed by atoms with E-state index in [9.17, 15) is 4.79 Å². The Morgan fingerprint density at radius 2 is 1.93 bits per heavy atom. The zero-order chi connectivity index (χ0) is 29.1. The van der Waals surface area contributed by atoms with Gasteiger partial charge in [-0.05, 0) is 78.6 Å². The van der Waals surface area contributed by atoms with Crippen molar-refractivity contribution >= 4 is 63.3 Å². The maximum atomic E-state index is 13.5. The standard InChI is InChI=1S/C32H31Cl3N2O3S/c1-32(2,3)21-7-10-25-28(14-21)41-31(29(25)30(38)36-17-24-5-4-12-39-24)37-16-20-13-22(33)9-11-27(20)40-18-19-6-8-23(34)15-26(19)35/h4-6,8-9,11-13,15-16,21H,7,10,14,17-18H2,1-3H3,(H,36,38)/t21-/m1/s1. The molecule has 1 amide bonds. The van der Waals surface area contributed by atoms with Crippen molar-refractivity contribution in [3.63, 3.8) is 0 Å². The molecule has 1 atom stereocenters. The van der Waals surface area contributed by atoms with Gasteiger partial charge in [0.2, 0.25) is 0 Å². The van der Waals surface area contributed by atoms with Crippen molar-refractivity contribution in [3.8, 4) is 5.75 Å². The minimum Gasteiger partial charge on any atom is -0.488 e. The van der Waals surface area contributed by atoms with Crippen LogP contribution < -0.4 is 10.1 Å². The van der Waals surface area contributed by atoms with E-state index in [4.69, 9.17) is 48.9 Å². The molecule has 1 aliphatic rings. The third kappa shape index (κ3) is 7.18. The number of rotatable bonds is 8. The Morgan fingerprint density at radius 1 is 1.15 bits per heavy atom. The van der Waals surface area contributed by atoms with Gasteiger partial charge >= 0.3 is 0 Å². The molecule has 2 aromatic carbocycles. The van der Waals surface area contributed by atoms with Crippen molar-refractivity contribution < 1.29 is 13.9 Å². The highest BCUT2D eigenvalue weighted by atomic mass is 35.5. The zero-order valence-electron chi connectivity index (χ0n) is 23.1. The number of fused-ring (bicyclic) bond motifs is 1. The van der Waals surface area contributed by atoms with E-state index < -0.39 is 0 Å². The van der Waals surface area contributed by atoms with Crippen LogP contribution in [-0.2, 0) is 26.0 Å². The van der Waals surface area contributed by atoms with Crippen LogP contribution in [0.25, 0.3) is 0 Å². The molecule has 1 aliphatic carbocycles. The van der Waals surface area contributed by atoms with Crippen LogP contribution in [0.2, 0.25) is 15.1 Å². The number of hydrogen-bond acceptors (Lipinski definition) is 5. The summed E-state index contributed by atoms with van der Waals surface area (Å²) in [7, 11) is 0. The van der Waals surface area contributed by atoms with Gasteiger partial charge in [-0.2, -0.15) is 0 Å². The highest BCUT2D eigenvalue weighted by molar-refractivity contribution is 7.16. The fraction of sp³-hybridized carbons (Fsp3) is 0.312. The van der Waals surface area contributed by atoms with Crippen LogP contribution in [-0.4, -0.2) is 12.1 Å². The van der Waals surface area contributed by atoms with Crippen LogP contribution in [0, 0.1) is 11.3 Å². The number of carbonyl (C=O) groups excluding carboxylic acids is 1. The molecule has 0 saturated heterocycles. The van der Waals surface area contributed by atoms with E-state index in [0.29, 0.717) is 55.2 Å². The Bertz CT molecular complexity index is 1570. The van der Waals surface area contributed by atoms with Gasteiger partial charge in [0.1, 0.15) is 23.1 Å². The summed E-state index contributed by atoms with van der Waals surface area (Å²) in [5, 5.41) is 5.34. The first-order chi connectivity index (χ1) is 19.6. The van der Waals surface area contributed by atoms with Gasteiger partial charge in [-0.1, -0.05) is 61.6 Å². The van der Waals surface area contributed by atoms with Gasteiger partial charge in [-0.3, -0.25) is 4.79 Å². The number of carbonyl (C=O) groups is 1. The Morgan fingerprint density at radius 3 is 2.66 bits per heavy atom. The Balaban J connectivity index is 1.44. The molecule has 5 nitrogen and oxygen atoms in total. The van der Waals surface area contributed by atoms with Gasteiger partial charge in [-0.15, -0.1) is 11.3 Å². The van der Waals surface area contributed by atoms with Crippen molar-refractivity contribution in [2.24, 2.45) is 16.3 Å². The number of furan rings is 1. The molecule has 5 rings (SSSR count). The summed E-state index contributed by atoms with van der Waals surface area (Å²) in [6, 6.07) is 14.3. The summed E-state index contributed by atoms with van der Waals surface area (Å²) in [5.41, 5.74) is 3.43. The fourth-order valence-corrected chi connectivity index (χ4v) is 6.89. The minimum absolute atomic E-state index is 0.153. The molecule has 0 spiro atoms. The monoisotopic (exact) mass is 628 g/mol. The molecule has 9 heteroatoms. The van der Waals surface area contributed by atoms with Crippen molar-refractivity contribution in [1.29, 1.82) is 0 Å². The van der Waals surface area contributed by atoms with Gasteiger partial charge in [0.05, 0.1) is 18.4 Å². The molecule has 0 aliphatic heterocycles. The predicted molar refractivity (Wildman–Crippen MR) is 169 cm³/mol. The van der Waals surface area contributed by atoms with Crippen molar-refractivity contribution in [2.75, 3.05) is 0 Å². The second kappa shape index (κ2) is 12.6. The summed E-state index contributed by atoms with van der Waals surface area (Å²) in [4.78, 5) is 19.6. The molecule has 4 aromatic rings. The lowest BCUT2D eigenvalue weighted by molar-refractivity contribution is 0.0947. The van der Waals surface area contributed by atoms with Crippen LogP contribution in [0.15, 0.2) is 64.2 Å². The number of halogens is 3. The molecule has 0 bridgehead atoms. The number of nitrogens with zero attached hydrogens (tertiary/aromatic N) is 1. The second-order valence-electron chi connectivity index (χ2n) is 11.2. The number of benzene rings is 2. The Kier molecular flexibility index (Phi) is 9.15. The Hall–Kier alpha value is -2.77. The molecule has 0 saturated carbocycles. The third-order valence-electron chi connectivity index (χ3n) is 7.39. The van der Waals surface area contributed by atoms with E-state index in [1.54, 1.807) is 54.1 Å². The minimum atomic E-state index is -0.153. The summed E-state index contributed by atoms with van der Waals surface area (Å²) < 4.78 is 11.5. The number of hydrogen-bond donors (Lipinski definition) is 1. The van der Waals surface area contributed by atoms with E-state index in [0.717, 1.165) is 30.4 Å². The highest BCUT2D eigenvalue weighted by Crippen LogP contribution is 2.45. The molecule has 214 valence electrons. The first kappa shape index (κ1) is 29.7. The van der Waals surface area contributed by atoms with Crippen molar-refractivity contribution in [1.82, 2.24) is 5.32 Å². The summed E-state index contributed by atoms with van der Waals surface area (Å²) >= 11 is 20.3. The van der Waals surface area contributed by atoms with Crippen molar-refractivity contribution in [2.45, 2.75) is 53.2 Å².